The maximum absolute atomic E-state index is 13.7. The third-order valence-corrected chi connectivity index (χ3v) is 2.99. The zero-order chi connectivity index (χ0) is 14.7. The third-order valence-electron chi connectivity index (χ3n) is 2.71. The number of hydrogen-bond acceptors (Lipinski definition) is 0. The van der Waals surface area contributed by atoms with Crippen molar-refractivity contribution in [1.82, 2.24) is 0 Å². The highest BCUT2D eigenvalue weighted by Gasteiger charge is 2.09. The summed E-state index contributed by atoms with van der Waals surface area (Å²) in [7, 11) is 0. The summed E-state index contributed by atoms with van der Waals surface area (Å²) < 4.78 is 52.4. The minimum Gasteiger partial charge on any atom is -0.207 e. The van der Waals surface area contributed by atoms with Gasteiger partial charge in [-0.15, -0.1) is 11.6 Å². The molecule has 5 heteroatoms. The van der Waals surface area contributed by atoms with E-state index >= 15 is 0 Å². The lowest BCUT2D eigenvalue weighted by Gasteiger charge is -2.06. The summed E-state index contributed by atoms with van der Waals surface area (Å²) in [5.74, 6) is -3.50. The molecule has 2 aromatic rings. The number of rotatable bonds is 3. The lowest BCUT2D eigenvalue weighted by molar-refractivity contribution is 0.508. The van der Waals surface area contributed by atoms with Crippen molar-refractivity contribution in [2.75, 3.05) is 5.88 Å². The van der Waals surface area contributed by atoms with E-state index in [2.05, 4.69) is 0 Å². The second-order valence-electron chi connectivity index (χ2n) is 4.10. The van der Waals surface area contributed by atoms with Crippen molar-refractivity contribution >= 4 is 23.3 Å². The smallest absolute Gasteiger partial charge is 0.159 e. The Kier molecular flexibility index (Phi) is 4.45. The monoisotopic (exact) mass is 300 g/mol. The lowest BCUT2D eigenvalue weighted by Crippen LogP contribution is -1.93. The standard InChI is InChI=1S/C15H9ClF4/c16-8-10(12-3-2-11(17)7-14(12)19)5-9-1-4-13(18)15(20)6-9/h1-7H,8H2/b10-5+. The Morgan fingerprint density at radius 1 is 0.900 bits per heavy atom. The number of halogens is 5. The zero-order valence-electron chi connectivity index (χ0n) is 10.1. The number of benzene rings is 2. The van der Waals surface area contributed by atoms with Gasteiger partial charge in [0.2, 0.25) is 0 Å². The fourth-order valence-corrected chi connectivity index (χ4v) is 1.96. The highest BCUT2D eigenvalue weighted by Crippen LogP contribution is 2.23. The van der Waals surface area contributed by atoms with E-state index in [-0.39, 0.29) is 11.4 Å². The van der Waals surface area contributed by atoms with Crippen LogP contribution in [0.2, 0.25) is 0 Å². The summed E-state index contributed by atoms with van der Waals surface area (Å²) in [6, 6.07) is 6.37. The summed E-state index contributed by atoms with van der Waals surface area (Å²) >= 11 is 5.74. The molecule has 0 fully saturated rings. The predicted molar refractivity (Wildman–Crippen MR) is 71.3 cm³/mol. The molecular formula is C15H9ClF4. The first-order valence-electron chi connectivity index (χ1n) is 5.68. The summed E-state index contributed by atoms with van der Waals surface area (Å²) in [6.07, 6.45) is 1.42. The highest BCUT2D eigenvalue weighted by molar-refractivity contribution is 6.24. The highest BCUT2D eigenvalue weighted by atomic mass is 35.5. The van der Waals surface area contributed by atoms with E-state index in [1.807, 2.05) is 0 Å². The van der Waals surface area contributed by atoms with Crippen molar-refractivity contribution in [2.24, 2.45) is 0 Å². The molecule has 0 aromatic heterocycles. The summed E-state index contributed by atoms with van der Waals surface area (Å²) in [5.41, 5.74) is 0.796. The van der Waals surface area contributed by atoms with Crippen LogP contribution in [-0.2, 0) is 0 Å². The van der Waals surface area contributed by atoms with Crippen LogP contribution in [0.3, 0.4) is 0 Å². The summed E-state index contributed by atoms with van der Waals surface area (Å²) in [4.78, 5) is 0. The summed E-state index contributed by atoms with van der Waals surface area (Å²) in [5, 5.41) is 0. The Balaban J connectivity index is 2.45. The van der Waals surface area contributed by atoms with Crippen molar-refractivity contribution in [3.8, 4) is 0 Å². The zero-order valence-corrected chi connectivity index (χ0v) is 10.9. The molecule has 2 rings (SSSR count). The molecule has 0 unspecified atom stereocenters. The molecule has 0 radical (unpaired) electrons. The van der Waals surface area contributed by atoms with E-state index < -0.39 is 23.3 Å². The topological polar surface area (TPSA) is 0 Å². The molecule has 0 N–H and O–H groups in total. The van der Waals surface area contributed by atoms with Crippen LogP contribution < -0.4 is 0 Å². The van der Waals surface area contributed by atoms with Crippen molar-refractivity contribution < 1.29 is 17.6 Å². The van der Waals surface area contributed by atoms with E-state index in [1.165, 1.54) is 18.2 Å². The van der Waals surface area contributed by atoms with Crippen LogP contribution in [-0.4, -0.2) is 5.88 Å². The molecule has 0 saturated carbocycles. The Morgan fingerprint density at radius 2 is 1.65 bits per heavy atom. The molecule has 2 aromatic carbocycles. The molecule has 0 spiro atoms. The van der Waals surface area contributed by atoms with Crippen LogP contribution in [0.15, 0.2) is 36.4 Å². The van der Waals surface area contributed by atoms with Crippen LogP contribution in [0.5, 0.6) is 0 Å². The molecule has 0 bridgehead atoms. The fraction of sp³-hybridized carbons (Fsp3) is 0.0667. The normalized spacial score (nSPS) is 11.8. The van der Waals surface area contributed by atoms with E-state index in [4.69, 9.17) is 11.6 Å². The van der Waals surface area contributed by atoms with Crippen LogP contribution >= 0.6 is 11.6 Å². The number of hydrogen-bond donors (Lipinski definition) is 0. The van der Waals surface area contributed by atoms with E-state index in [0.29, 0.717) is 11.1 Å². The molecule has 0 aliphatic carbocycles. The number of alkyl halides is 1. The van der Waals surface area contributed by atoms with E-state index in [1.54, 1.807) is 0 Å². The molecular weight excluding hydrogens is 292 g/mol. The van der Waals surface area contributed by atoms with Gasteiger partial charge in [-0.25, -0.2) is 17.6 Å². The SMILES string of the molecule is Fc1ccc(/C(=C/c2ccc(F)c(F)c2)CCl)c(F)c1. The molecule has 0 saturated heterocycles. The van der Waals surface area contributed by atoms with E-state index in [9.17, 15) is 17.6 Å². The molecule has 0 atom stereocenters. The largest absolute Gasteiger partial charge is 0.207 e. The minimum atomic E-state index is -1.01. The minimum absolute atomic E-state index is 0.0540. The predicted octanol–water partition coefficient (Wildman–Crippen LogP) is 5.02. The Labute approximate surface area is 118 Å². The van der Waals surface area contributed by atoms with Crippen molar-refractivity contribution in [3.05, 3.63) is 70.8 Å². The maximum Gasteiger partial charge on any atom is 0.159 e. The van der Waals surface area contributed by atoms with Crippen LogP contribution in [0.1, 0.15) is 11.1 Å². The van der Waals surface area contributed by atoms with E-state index in [0.717, 1.165) is 24.3 Å². The van der Waals surface area contributed by atoms with Crippen LogP contribution in [0.25, 0.3) is 11.6 Å². The molecule has 0 nitrogen and oxygen atoms in total. The second-order valence-corrected chi connectivity index (χ2v) is 4.37. The average Bonchev–Trinajstić information content (AvgIpc) is 2.41. The quantitative estimate of drug-likeness (QED) is 0.424. The second kappa shape index (κ2) is 6.09. The first-order chi connectivity index (χ1) is 9.51. The lowest BCUT2D eigenvalue weighted by atomic mass is 10.0. The van der Waals surface area contributed by atoms with Crippen LogP contribution in [0.4, 0.5) is 17.6 Å². The van der Waals surface area contributed by atoms with Gasteiger partial charge in [-0.05, 0) is 41.5 Å². The average molecular weight is 301 g/mol. The van der Waals surface area contributed by atoms with Gasteiger partial charge in [0.25, 0.3) is 0 Å². The third kappa shape index (κ3) is 3.20. The maximum atomic E-state index is 13.7. The van der Waals surface area contributed by atoms with Gasteiger partial charge in [-0.1, -0.05) is 6.07 Å². The molecule has 0 aliphatic rings. The van der Waals surface area contributed by atoms with Gasteiger partial charge in [-0.2, -0.15) is 0 Å². The molecule has 20 heavy (non-hydrogen) atoms. The van der Waals surface area contributed by atoms with Gasteiger partial charge in [0.1, 0.15) is 11.6 Å². The van der Waals surface area contributed by atoms with Crippen molar-refractivity contribution in [1.29, 1.82) is 0 Å². The fourth-order valence-electron chi connectivity index (χ4n) is 1.74. The first-order valence-corrected chi connectivity index (χ1v) is 6.21. The van der Waals surface area contributed by atoms with Gasteiger partial charge in [0, 0.05) is 17.5 Å². The Bertz CT molecular complexity index is 665. The Hall–Kier alpha value is -1.81. The number of allylic oxidation sites excluding steroid dienone is 1. The van der Waals surface area contributed by atoms with Gasteiger partial charge < -0.3 is 0 Å². The summed E-state index contributed by atoms with van der Waals surface area (Å²) in [6.45, 7) is 0. The van der Waals surface area contributed by atoms with Gasteiger partial charge >= 0.3 is 0 Å². The van der Waals surface area contributed by atoms with Crippen LogP contribution in [0, 0.1) is 23.3 Å². The van der Waals surface area contributed by atoms with Gasteiger partial charge in [0.05, 0.1) is 0 Å². The van der Waals surface area contributed by atoms with Crippen molar-refractivity contribution in [3.63, 3.8) is 0 Å². The molecule has 0 heterocycles. The Morgan fingerprint density at radius 3 is 2.25 bits per heavy atom. The van der Waals surface area contributed by atoms with Crippen molar-refractivity contribution in [2.45, 2.75) is 0 Å². The first kappa shape index (κ1) is 14.6. The van der Waals surface area contributed by atoms with Gasteiger partial charge in [0.15, 0.2) is 11.6 Å². The molecule has 104 valence electrons. The van der Waals surface area contributed by atoms with Gasteiger partial charge in [-0.3, -0.25) is 0 Å². The molecule has 0 aliphatic heterocycles. The molecule has 0 amide bonds.